The summed E-state index contributed by atoms with van der Waals surface area (Å²) >= 11 is 0. The van der Waals surface area contributed by atoms with Gasteiger partial charge in [0.05, 0.1) is 11.5 Å². The lowest BCUT2D eigenvalue weighted by Crippen LogP contribution is -2.49. The number of carbonyl (C=O) groups is 2. The molecular weight excluding hydrogens is 551 g/mol. The van der Waals surface area contributed by atoms with Crippen molar-refractivity contribution in [2.45, 2.75) is 51.7 Å². The van der Waals surface area contributed by atoms with Gasteiger partial charge >= 0.3 is 6.18 Å². The highest BCUT2D eigenvalue weighted by atomic mass is 19.4. The first-order valence-electron chi connectivity index (χ1n) is 15.0. The Morgan fingerprint density at radius 3 is 2.16 bits per heavy atom. The first-order valence-corrected chi connectivity index (χ1v) is 15.0. The SMILES string of the molecule is CCCCCc1ccc(CNC(=O)C(=Cc2ccc(C(F)(F)F)cc2)[C@H](Cc2ccccc2)C(=O)N2CCNCC2)cc1. The van der Waals surface area contributed by atoms with Crippen LogP contribution >= 0.6 is 0 Å². The Morgan fingerprint density at radius 1 is 0.884 bits per heavy atom. The summed E-state index contributed by atoms with van der Waals surface area (Å²) in [5.74, 6) is -1.41. The average Bonchev–Trinajstić information content (AvgIpc) is 3.02. The van der Waals surface area contributed by atoms with Gasteiger partial charge in [-0.2, -0.15) is 13.2 Å². The fourth-order valence-electron chi connectivity index (χ4n) is 5.25. The van der Waals surface area contributed by atoms with E-state index < -0.39 is 23.6 Å². The van der Waals surface area contributed by atoms with Gasteiger partial charge < -0.3 is 15.5 Å². The van der Waals surface area contributed by atoms with Gasteiger partial charge in [0, 0.05) is 38.3 Å². The molecular formula is C35H40F3N3O2. The molecule has 0 unspecified atom stereocenters. The van der Waals surface area contributed by atoms with Crippen LogP contribution in [0.1, 0.15) is 54.0 Å². The second-order valence-electron chi connectivity index (χ2n) is 11.0. The van der Waals surface area contributed by atoms with E-state index in [1.54, 1.807) is 11.0 Å². The maximum absolute atomic E-state index is 14.0. The maximum Gasteiger partial charge on any atom is 0.416 e. The topological polar surface area (TPSA) is 61.4 Å². The number of alkyl halides is 3. The highest BCUT2D eigenvalue weighted by Gasteiger charge is 2.33. The van der Waals surface area contributed by atoms with E-state index in [1.165, 1.54) is 24.1 Å². The lowest BCUT2D eigenvalue weighted by atomic mass is 9.88. The van der Waals surface area contributed by atoms with Crippen LogP contribution in [0, 0.1) is 5.92 Å². The van der Waals surface area contributed by atoms with Crippen LogP contribution in [0.3, 0.4) is 0 Å². The van der Waals surface area contributed by atoms with E-state index in [-0.39, 0.29) is 24.4 Å². The van der Waals surface area contributed by atoms with Crippen molar-refractivity contribution in [3.63, 3.8) is 0 Å². The molecule has 2 amide bonds. The summed E-state index contributed by atoms with van der Waals surface area (Å²) in [6.07, 6.45) is 1.86. The molecule has 5 nitrogen and oxygen atoms in total. The number of amides is 2. The van der Waals surface area contributed by atoms with Crippen molar-refractivity contribution in [3.05, 3.63) is 112 Å². The quantitative estimate of drug-likeness (QED) is 0.189. The predicted octanol–water partition coefficient (Wildman–Crippen LogP) is 6.43. The number of nitrogens with one attached hydrogen (secondary N) is 2. The van der Waals surface area contributed by atoms with Crippen molar-refractivity contribution in [1.29, 1.82) is 0 Å². The Balaban J connectivity index is 1.63. The Bertz CT molecular complexity index is 1350. The largest absolute Gasteiger partial charge is 0.416 e. The maximum atomic E-state index is 14.0. The fraction of sp³-hybridized carbons (Fsp3) is 0.371. The van der Waals surface area contributed by atoms with E-state index >= 15 is 0 Å². The number of hydrogen-bond acceptors (Lipinski definition) is 3. The van der Waals surface area contributed by atoms with Crippen molar-refractivity contribution in [1.82, 2.24) is 15.5 Å². The van der Waals surface area contributed by atoms with E-state index in [2.05, 4.69) is 29.7 Å². The van der Waals surface area contributed by atoms with Crippen molar-refractivity contribution in [2.24, 2.45) is 5.92 Å². The average molecular weight is 592 g/mol. The highest BCUT2D eigenvalue weighted by Crippen LogP contribution is 2.30. The molecule has 1 heterocycles. The van der Waals surface area contributed by atoms with E-state index in [0.717, 1.165) is 42.5 Å². The molecule has 1 atom stereocenters. The third-order valence-electron chi connectivity index (χ3n) is 7.75. The van der Waals surface area contributed by atoms with Crippen LogP contribution in [0.5, 0.6) is 0 Å². The zero-order valence-corrected chi connectivity index (χ0v) is 24.6. The summed E-state index contributed by atoms with van der Waals surface area (Å²) in [5, 5.41) is 6.22. The molecule has 0 spiro atoms. The summed E-state index contributed by atoms with van der Waals surface area (Å²) in [6, 6.07) is 22.3. The minimum atomic E-state index is -4.47. The van der Waals surface area contributed by atoms with E-state index in [1.807, 2.05) is 42.5 Å². The van der Waals surface area contributed by atoms with Gasteiger partial charge in [0.15, 0.2) is 0 Å². The van der Waals surface area contributed by atoms with Crippen molar-refractivity contribution in [2.75, 3.05) is 26.2 Å². The standard InChI is InChI=1S/C35H40F3N3O2/c1-2-3-5-8-26-11-13-29(14-12-26)25-40-33(42)31(23-28-15-17-30(18-16-28)35(36,37)38)32(24-27-9-6-4-7-10-27)34(43)41-21-19-39-20-22-41/h4,6-7,9-18,23,32,39H,2-3,5,8,19-22,24-25H2,1H3,(H,40,42)/t32-/m0/s1. The van der Waals surface area contributed by atoms with Crippen molar-refractivity contribution < 1.29 is 22.8 Å². The van der Waals surface area contributed by atoms with Gasteiger partial charge in [-0.25, -0.2) is 0 Å². The van der Waals surface area contributed by atoms with Gasteiger partial charge in [-0.1, -0.05) is 86.5 Å². The molecule has 228 valence electrons. The Labute approximate surface area is 252 Å². The van der Waals surface area contributed by atoms with Crippen molar-refractivity contribution >= 4 is 17.9 Å². The molecule has 2 N–H and O–H groups in total. The molecule has 3 aromatic carbocycles. The van der Waals surface area contributed by atoms with Crippen LogP contribution in [0.2, 0.25) is 0 Å². The summed E-state index contributed by atoms with van der Waals surface area (Å²) in [7, 11) is 0. The lowest BCUT2D eigenvalue weighted by Gasteiger charge is -2.32. The van der Waals surface area contributed by atoms with Gasteiger partial charge in [0.2, 0.25) is 11.8 Å². The molecule has 1 saturated heterocycles. The zero-order chi connectivity index (χ0) is 30.7. The van der Waals surface area contributed by atoms with Crippen LogP contribution in [0.25, 0.3) is 6.08 Å². The first-order chi connectivity index (χ1) is 20.7. The van der Waals surface area contributed by atoms with Gasteiger partial charge in [0.1, 0.15) is 0 Å². The lowest BCUT2D eigenvalue weighted by molar-refractivity contribution is -0.137. The van der Waals surface area contributed by atoms with Gasteiger partial charge in [-0.15, -0.1) is 0 Å². The number of halogens is 3. The van der Waals surface area contributed by atoms with E-state index in [4.69, 9.17) is 0 Å². The molecule has 0 aromatic heterocycles. The molecule has 0 saturated carbocycles. The number of unbranched alkanes of at least 4 members (excludes halogenated alkanes) is 2. The molecule has 3 aromatic rings. The summed E-state index contributed by atoms with van der Waals surface area (Å²) < 4.78 is 39.7. The van der Waals surface area contributed by atoms with Crippen molar-refractivity contribution in [3.8, 4) is 0 Å². The number of nitrogens with zero attached hydrogens (tertiary/aromatic N) is 1. The van der Waals surface area contributed by atoms with Crippen LogP contribution in [0.4, 0.5) is 13.2 Å². The highest BCUT2D eigenvalue weighted by molar-refractivity contribution is 6.04. The minimum absolute atomic E-state index is 0.171. The number of carbonyl (C=O) groups excluding carboxylic acids is 2. The fourth-order valence-corrected chi connectivity index (χ4v) is 5.25. The molecule has 43 heavy (non-hydrogen) atoms. The normalized spacial score (nSPS) is 14.8. The van der Waals surface area contributed by atoms with Gasteiger partial charge in [-0.05, 0) is 59.7 Å². The number of aryl methyl sites for hydroxylation is 1. The molecule has 1 aliphatic heterocycles. The van der Waals surface area contributed by atoms with E-state index in [0.29, 0.717) is 31.7 Å². The Hall–Kier alpha value is -3.91. The van der Waals surface area contributed by atoms with Crippen LogP contribution in [-0.4, -0.2) is 42.9 Å². The Kier molecular flexibility index (Phi) is 11.6. The molecule has 0 aliphatic carbocycles. The van der Waals surface area contributed by atoms with Gasteiger partial charge in [0.25, 0.3) is 0 Å². The second-order valence-corrected chi connectivity index (χ2v) is 11.0. The summed E-state index contributed by atoms with van der Waals surface area (Å²) in [5.41, 5.74) is 2.93. The first kappa shape index (κ1) is 32.0. The summed E-state index contributed by atoms with van der Waals surface area (Å²) in [6.45, 7) is 4.78. The number of rotatable bonds is 12. The minimum Gasteiger partial charge on any atom is -0.348 e. The monoisotopic (exact) mass is 591 g/mol. The molecule has 1 aliphatic rings. The molecule has 0 bridgehead atoms. The summed E-state index contributed by atoms with van der Waals surface area (Å²) in [4.78, 5) is 29.6. The zero-order valence-electron chi connectivity index (χ0n) is 24.6. The third-order valence-corrected chi connectivity index (χ3v) is 7.75. The smallest absolute Gasteiger partial charge is 0.348 e. The molecule has 4 rings (SSSR count). The number of hydrogen-bond donors (Lipinski definition) is 2. The second kappa shape index (κ2) is 15.5. The molecule has 0 radical (unpaired) electrons. The molecule has 1 fully saturated rings. The van der Waals surface area contributed by atoms with E-state index in [9.17, 15) is 22.8 Å². The number of piperazine rings is 1. The third kappa shape index (κ3) is 9.55. The molecule has 8 heteroatoms. The van der Waals surface area contributed by atoms with Crippen LogP contribution in [0.15, 0.2) is 84.4 Å². The van der Waals surface area contributed by atoms with Gasteiger partial charge in [-0.3, -0.25) is 9.59 Å². The predicted molar refractivity (Wildman–Crippen MR) is 164 cm³/mol. The number of benzene rings is 3. The Morgan fingerprint density at radius 2 is 1.53 bits per heavy atom. The van der Waals surface area contributed by atoms with Crippen LogP contribution in [-0.2, 0) is 35.2 Å². The van der Waals surface area contributed by atoms with Crippen LogP contribution < -0.4 is 10.6 Å².